The number of aryl methyl sites for hydroxylation is 1. The van der Waals surface area contributed by atoms with Crippen molar-refractivity contribution in [3.05, 3.63) is 45.9 Å². The van der Waals surface area contributed by atoms with Gasteiger partial charge in [0.25, 0.3) is 0 Å². The molecule has 0 saturated carbocycles. The van der Waals surface area contributed by atoms with E-state index >= 15 is 0 Å². The first kappa shape index (κ1) is 11.1. The zero-order valence-electron chi connectivity index (χ0n) is 9.31. The van der Waals surface area contributed by atoms with Gasteiger partial charge in [-0.05, 0) is 30.0 Å². The molecule has 4 heteroatoms. The number of pyridine rings is 1. The minimum absolute atomic E-state index is 0.164. The van der Waals surface area contributed by atoms with E-state index < -0.39 is 0 Å². The molecule has 0 spiro atoms. The smallest absolute Gasteiger partial charge is 0.134 e. The lowest BCUT2D eigenvalue weighted by Gasteiger charge is -2.11. The molecule has 0 saturated heterocycles. The van der Waals surface area contributed by atoms with E-state index in [0.29, 0.717) is 0 Å². The van der Waals surface area contributed by atoms with Crippen LogP contribution in [0.2, 0.25) is 0 Å². The van der Waals surface area contributed by atoms with Crippen LogP contribution in [-0.2, 0) is 0 Å². The number of thiophene rings is 1. The van der Waals surface area contributed by atoms with Crippen LogP contribution in [0.25, 0.3) is 0 Å². The SMILES string of the molecule is COc1ccsc1C(N)c1ccc(C)nc1. The molecule has 0 aliphatic rings. The third kappa shape index (κ3) is 2.08. The van der Waals surface area contributed by atoms with Gasteiger partial charge in [0.15, 0.2) is 0 Å². The predicted octanol–water partition coefficient (Wildman–Crippen LogP) is 2.51. The molecule has 0 amide bonds. The number of hydrogen-bond donors (Lipinski definition) is 1. The van der Waals surface area contributed by atoms with E-state index in [1.165, 1.54) is 0 Å². The molecule has 3 nitrogen and oxygen atoms in total. The first-order valence-corrected chi connectivity index (χ1v) is 5.90. The minimum atomic E-state index is -0.164. The standard InChI is InChI=1S/C12H14N2OS/c1-8-3-4-9(7-14-8)11(13)12-10(15-2)5-6-16-12/h3-7,11H,13H2,1-2H3. The molecule has 84 valence electrons. The summed E-state index contributed by atoms with van der Waals surface area (Å²) in [6, 6.07) is 5.74. The van der Waals surface area contributed by atoms with Crippen molar-refractivity contribution in [1.82, 2.24) is 4.98 Å². The van der Waals surface area contributed by atoms with Crippen LogP contribution >= 0.6 is 11.3 Å². The van der Waals surface area contributed by atoms with Gasteiger partial charge in [-0.3, -0.25) is 4.98 Å². The van der Waals surface area contributed by atoms with Crippen LogP contribution in [0.1, 0.15) is 22.2 Å². The minimum Gasteiger partial charge on any atom is -0.496 e. The summed E-state index contributed by atoms with van der Waals surface area (Å²) < 4.78 is 5.26. The number of hydrogen-bond acceptors (Lipinski definition) is 4. The molecule has 2 N–H and O–H groups in total. The Morgan fingerprint density at radius 2 is 2.19 bits per heavy atom. The van der Waals surface area contributed by atoms with E-state index in [9.17, 15) is 0 Å². The Hall–Kier alpha value is -1.39. The summed E-state index contributed by atoms with van der Waals surface area (Å²) in [6.07, 6.45) is 1.82. The Bertz CT molecular complexity index is 464. The molecule has 2 aromatic heterocycles. The van der Waals surface area contributed by atoms with Gasteiger partial charge in [0.05, 0.1) is 18.0 Å². The van der Waals surface area contributed by atoms with E-state index in [1.54, 1.807) is 18.4 Å². The maximum atomic E-state index is 6.18. The molecule has 1 unspecified atom stereocenters. The molecule has 0 radical (unpaired) electrons. The van der Waals surface area contributed by atoms with Gasteiger partial charge < -0.3 is 10.5 Å². The van der Waals surface area contributed by atoms with Crippen molar-refractivity contribution in [3.63, 3.8) is 0 Å². The van der Waals surface area contributed by atoms with E-state index in [4.69, 9.17) is 10.5 Å². The van der Waals surface area contributed by atoms with Crippen molar-refractivity contribution >= 4 is 11.3 Å². The lowest BCUT2D eigenvalue weighted by molar-refractivity contribution is 0.411. The normalized spacial score (nSPS) is 12.4. The van der Waals surface area contributed by atoms with Crippen LogP contribution in [-0.4, -0.2) is 12.1 Å². The summed E-state index contributed by atoms with van der Waals surface area (Å²) >= 11 is 1.60. The molecule has 1 atom stereocenters. The summed E-state index contributed by atoms with van der Waals surface area (Å²) in [5.74, 6) is 0.845. The first-order valence-electron chi connectivity index (χ1n) is 5.02. The third-order valence-corrected chi connectivity index (χ3v) is 3.43. The fourth-order valence-corrected chi connectivity index (χ4v) is 2.41. The van der Waals surface area contributed by atoms with Gasteiger partial charge in [-0.15, -0.1) is 11.3 Å². The molecule has 2 heterocycles. The number of rotatable bonds is 3. The quantitative estimate of drug-likeness (QED) is 0.887. The van der Waals surface area contributed by atoms with Crippen LogP contribution < -0.4 is 10.5 Å². The van der Waals surface area contributed by atoms with Gasteiger partial charge in [0.2, 0.25) is 0 Å². The average molecular weight is 234 g/mol. The Morgan fingerprint density at radius 3 is 2.81 bits per heavy atom. The molecule has 2 rings (SSSR count). The van der Waals surface area contributed by atoms with E-state index in [1.807, 2.05) is 36.7 Å². The van der Waals surface area contributed by atoms with Crippen LogP contribution in [0, 0.1) is 6.92 Å². The van der Waals surface area contributed by atoms with Gasteiger partial charge in [0, 0.05) is 11.9 Å². The summed E-state index contributed by atoms with van der Waals surface area (Å²) in [6.45, 7) is 1.96. The highest BCUT2D eigenvalue weighted by Crippen LogP contribution is 2.32. The third-order valence-electron chi connectivity index (χ3n) is 2.45. The second-order valence-electron chi connectivity index (χ2n) is 3.56. The highest BCUT2D eigenvalue weighted by Gasteiger charge is 2.15. The highest BCUT2D eigenvalue weighted by molar-refractivity contribution is 7.10. The van der Waals surface area contributed by atoms with Gasteiger partial charge in [-0.25, -0.2) is 0 Å². The van der Waals surface area contributed by atoms with E-state index in [-0.39, 0.29) is 6.04 Å². The monoisotopic (exact) mass is 234 g/mol. The summed E-state index contributed by atoms with van der Waals surface area (Å²) in [5, 5.41) is 1.98. The Balaban J connectivity index is 2.31. The zero-order valence-corrected chi connectivity index (χ0v) is 10.1. The zero-order chi connectivity index (χ0) is 11.5. The van der Waals surface area contributed by atoms with Gasteiger partial charge >= 0.3 is 0 Å². The Labute approximate surface area is 98.9 Å². The van der Waals surface area contributed by atoms with E-state index in [2.05, 4.69) is 4.98 Å². The summed E-state index contributed by atoms with van der Waals surface area (Å²) in [5.41, 5.74) is 8.18. The maximum Gasteiger partial charge on any atom is 0.134 e. The lowest BCUT2D eigenvalue weighted by Crippen LogP contribution is -2.11. The molecule has 2 aromatic rings. The van der Waals surface area contributed by atoms with Crippen LogP contribution in [0.3, 0.4) is 0 Å². The number of methoxy groups -OCH3 is 1. The van der Waals surface area contributed by atoms with Crippen molar-refractivity contribution in [2.75, 3.05) is 7.11 Å². The van der Waals surface area contributed by atoms with Crippen LogP contribution in [0.5, 0.6) is 5.75 Å². The van der Waals surface area contributed by atoms with Gasteiger partial charge in [-0.1, -0.05) is 6.07 Å². The average Bonchev–Trinajstić information content (AvgIpc) is 2.77. The largest absolute Gasteiger partial charge is 0.496 e. The van der Waals surface area contributed by atoms with Crippen LogP contribution in [0.15, 0.2) is 29.8 Å². The van der Waals surface area contributed by atoms with Crippen molar-refractivity contribution in [2.24, 2.45) is 5.73 Å². The molecule has 0 fully saturated rings. The number of nitrogens with zero attached hydrogens (tertiary/aromatic N) is 1. The lowest BCUT2D eigenvalue weighted by atomic mass is 10.1. The van der Waals surface area contributed by atoms with Crippen molar-refractivity contribution in [1.29, 1.82) is 0 Å². The molecular formula is C12H14N2OS. The Morgan fingerprint density at radius 1 is 1.38 bits per heavy atom. The highest BCUT2D eigenvalue weighted by atomic mass is 32.1. The Kier molecular flexibility index (Phi) is 3.22. The molecular weight excluding hydrogens is 220 g/mol. The van der Waals surface area contributed by atoms with Crippen LogP contribution in [0.4, 0.5) is 0 Å². The molecule has 0 bridgehead atoms. The fraction of sp³-hybridized carbons (Fsp3) is 0.250. The number of nitrogens with two attached hydrogens (primary N) is 1. The topological polar surface area (TPSA) is 48.1 Å². The van der Waals surface area contributed by atoms with E-state index in [0.717, 1.165) is 21.9 Å². The van der Waals surface area contributed by atoms with Crippen molar-refractivity contribution in [3.8, 4) is 5.75 Å². The molecule has 0 aromatic carbocycles. The summed E-state index contributed by atoms with van der Waals surface area (Å²) in [4.78, 5) is 5.28. The number of aromatic nitrogens is 1. The van der Waals surface area contributed by atoms with Crippen molar-refractivity contribution < 1.29 is 4.74 Å². The second kappa shape index (κ2) is 4.63. The first-order chi connectivity index (χ1) is 7.72. The molecule has 16 heavy (non-hydrogen) atoms. The maximum absolute atomic E-state index is 6.18. The fourth-order valence-electron chi connectivity index (χ4n) is 1.52. The second-order valence-corrected chi connectivity index (χ2v) is 4.51. The molecule has 0 aliphatic heterocycles. The van der Waals surface area contributed by atoms with Gasteiger partial charge in [0.1, 0.15) is 5.75 Å². The van der Waals surface area contributed by atoms with Crippen molar-refractivity contribution in [2.45, 2.75) is 13.0 Å². The molecule has 0 aliphatic carbocycles. The number of ether oxygens (including phenoxy) is 1. The predicted molar refractivity (Wildman–Crippen MR) is 65.9 cm³/mol. The summed E-state index contributed by atoms with van der Waals surface area (Å²) in [7, 11) is 1.66. The van der Waals surface area contributed by atoms with Gasteiger partial charge in [-0.2, -0.15) is 0 Å².